The summed E-state index contributed by atoms with van der Waals surface area (Å²) in [4.78, 5) is 12.9. The standard InChI is InChI=1S/C20H26N2O4S/c1-26-18-13-16-9-5-4-8-15(16)12-17(18)19(23)21-14-20(22-27(2,24)25)10-6-3-7-11-20/h4-5,8-9,12-13,22H,3,6-7,10-11,14H2,1-2H3,(H,21,23). The molecule has 27 heavy (non-hydrogen) atoms. The molecular formula is C20H26N2O4S. The zero-order valence-electron chi connectivity index (χ0n) is 15.7. The van der Waals surface area contributed by atoms with Crippen LogP contribution in [0.2, 0.25) is 0 Å². The molecule has 1 aliphatic rings. The van der Waals surface area contributed by atoms with E-state index in [0.717, 1.165) is 49.1 Å². The van der Waals surface area contributed by atoms with Crippen molar-refractivity contribution in [1.29, 1.82) is 0 Å². The summed E-state index contributed by atoms with van der Waals surface area (Å²) in [5, 5.41) is 4.87. The largest absolute Gasteiger partial charge is 0.496 e. The normalized spacial score (nSPS) is 16.8. The molecule has 0 bridgehead atoms. The monoisotopic (exact) mass is 390 g/mol. The molecule has 1 saturated carbocycles. The number of ether oxygens (including phenoxy) is 1. The van der Waals surface area contributed by atoms with Gasteiger partial charge in [-0.05, 0) is 35.7 Å². The van der Waals surface area contributed by atoms with Gasteiger partial charge in [-0.25, -0.2) is 13.1 Å². The molecule has 3 rings (SSSR count). The number of fused-ring (bicyclic) bond motifs is 1. The number of rotatable bonds is 6. The first-order valence-corrected chi connectivity index (χ1v) is 11.0. The summed E-state index contributed by atoms with van der Waals surface area (Å²) in [5.74, 6) is 0.234. The number of carbonyl (C=O) groups is 1. The number of methoxy groups -OCH3 is 1. The molecule has 0 heterocycles. The van der Waals surface area contributed by atoms with Crippen molar-refractivity contribution in [2.75, 3.05) is 19.9 Å². The van der Waals surface area contributed by atoms with E-state index in [1.807, 2.05) is 30.3 Å². The summed E-state index contributed by atoms with van der Waals surface area (Å²) in [6.45, 7) is 0.259. The quantitative estimate of drug-likeness (QED) is 0.794. The molecule has 1 aliphatic carbocycles. The van der Waals surface area contributed by atoms with Gasteiger partial charge in [0.1, 0.15) is 5.75 Å². The smallest absolute Gasteiger partial charge is 0.255 e. The Kier molecular flexibility index (Phi) is 5.72. The molecule has 0 atom stereocenters. The number of benzene rings is 2. The van der Waals surface area contributed by atoms with Gasteiger partial charge >= 0.3 is 0 Å². The van der Waals surface area contributed by atoms with Crippen LogP contribution in [-0.4, -0.2) is 39.8 Å². The number of carbonyl (C=O) groups excluding carboxylic acids is 1. The van der Waals surface area contributed by atoms with Crippen molar-refractivity contribution < 1.29 is 17.9 Å². The van der Waals surface area contributed by atoms with Gasteiger partial charge < -0.3 is 10.1 Å². The summed E-state index contributed by atoms with van der Waals surface area (Å²) in [6, 6.07) is 11.4. The minimum atomic E-state index is -3.36. The Morgan fingerprint density at radius 3 is 2.33 bits per heavy atom. The lowest BCUT2D eigenvalue weighted by atomic mass is 9.82. The Morgan fingerprint density at radius 2 is 1.74 bits per heavy atom. The Balaban J connectivity index is 1.82. The molecule has 0 aromatic heterocycles. The Hall–Kier alpha value is -2.12. The van der Waals surface area contributed by atoms with E-state index >= 15 is 0 Å². The fourth-order valence-electron chi connectivity index (χ4n) is 3.85. The highest BCUT2D eigenvalue weighted by molar-refractivity contribution is 7.88. The molecule has 0 spiro atoms. The van der Waals surface area contributed by atoms with Gasteiger partial charge in [-0.1, -0.05) is 43.5 Å². The van der Waals surface area contributed by atoms with Crippen LogP contribution in [0.1, 0.15) is 42.5 Å². The summed E-state index contributed by atoms with van der Waals surface area (Å²) >= 11 is 0. The van der Waals surface area contributed by atoms with E-state index in [9.17, 15) is 13.2 Å². The van der Waals surface area contributed by atoms with Crippen molar-refractivity contribution >= 4 is 26.7 Å². The third kappa shape index (κ3) is 4.78. The minimum absolute atomic E-state index is 0.259. The summed E-state index contributed by atoms with van der Waals surface area (Å²) < 4.78 is 31.8. The van der Waals surface area contributed by atoms with Crippen LogP contribution in [0.3, 0.4) is 0 Å². The molecule has 0 saturated heterocycles. The van der Waals surface area contributed by atoms with Gasteiger partial charge in [0.15, 0.2) is 0 Å². The fraction of sp³-hybridized carbons (Fsp3) is 0.450. The third-order valence-corrected chi connectivity index (χ3v) is 5.92. The molecule has 146 valence electrons. The molecule has 0 unspecified atom stereocenters. The van der Waals surface area contributed by atoms with Crippen LogP contribution < -0.4 is 14.8 Å². The lowest BCUT2D eigenvalue weighted by molar-refractivity contribution is 0.0931. The van der Waals surface area contributed by atoms with Crippen LogP contribution in [0.5, 0.6) is 5.75 Å². The van der Waals surface area contributed by atoms with E-state index in [1.165, 1.54) is 7.11 Å². The summed E-state index contributed by atoms with van der Waals surface area (Å²) in [5.41, 5.74) is -0.174. The average molecular weight is 391 g/mol. The maximum atomic E-state index is 12.9. The van der Waals surface area contributed by atoms with Crippen LogP contribution in [-0.2, 0) is 10.0 Å². The van der Waals surface area contributed by atoms with Crippen molar-refractivity contribution in [3.8, 4) is 5.75 Å². The first-order chi connectivity index (χ1) is 12.8. The lowest BCUT2D eigenvalue weighted by Gasteiger charge is -2.37. The first kappa shape index (κ1) is 19.6. The average Bonchev–Trinajstić information content (AvgIpc) is 2.64. The van der Waals surface area contributed by atoms with Crippen LogP contribution in [0.15, 0.2) is 36.4 Å². The number of sulfonamides is 1. The van der Waals surface area contributed by atoms with E-state index in [1.54, 1.807) is 6.07 Å². The van der Waals surface area contributed by atoms with E-state index in [4.69, 9.17) is 4.74 Å². The third-order valence-electron chi connectivity index (χ3n) is 5.11. The molecule has 2 N–H and O–H groups in total. The zero-order chi connectivity index (χ0) is 19.5. The van der Waals surface area contributed by atoms with E-state index in [2.05, 4.69) is 10.0 Å². The minimum Gasteiger partial charge on any atom is -0.496 e. The van der Waals surface area contributed by atoms with E-state index < -0.39 is 15.6 Å². The van der Waals surface area contributed by atoms with Gasteiger partial charge in [-0.3, -0.25) is 4.79 Å². The van der Waals surface area contributed by atoms with Crippen LogP contribution in [0.4, 0.5) is 0 Å². The van der Waals surface area contributed by atoms with Crippen molar-refractivity contribution in [1.82, 2.24) is 10.0 Å². The molecule has 0 aliphatic heterocycles. The van der Waals surface area contributed by atoms with Gasteiger partial charge in [-0.2, -0.15) is 0 Å². The Labute approximate surface area is 160 Å². The highest BCUT2D eigenvalue weighted by atomic mass is 32.2. The van der Waals surface area contributed by atoms with Crippen molar-refractivity contribution in [2.24, 2.45) is 0 Å². The molecule has 7 heteroatoms. The van der Waals surface area contributed by atoms with Gasteiger partial charge in [0, 0.05) is 6.54 Å². The highest BCUT2D eigenvalue weighted by Crippen LogP contribution is 2.29. The van der Waals surface area contributed by atoms with Crippen LogP contribution in [0.25, 0.3) is 10.8 Å². The number of hydrogen-bond acceptors (Lipinski definition) is 4. The molecular weight excluding hydrogens is 364 g/mol. The second-order valence-electron chi connectivity index (χ2n) is 7.30. The van der Waals surface area contributed by atoms with Gasteiger partial charge in [-0.15, -0.1) is 0 Å². The highest BCUT2D eigenvalue weighted by Gasteiger charge is 2.35. The molecule has 0 radical (unpaired) electrons. The maximum Gasteiger partial charge on any atom is 0.255 e. The van der Waals surface area contributed by atoms with E-state index in [0.29, 0.717) is 11.3 Å². The summed E-state index contributed by atoms with van der Waals surface area (Å²) in [7, 11) is -1.83. The second kappa shape index (κ2) is 7.86. The lowest BCUT2D eigenvalue weighted by Crippen LogP contribution is -2.56. The Morgan fingerprint density at radius 1 is 1.11 bits per heavy atom. The van der Waals surface area contributed by atoms with Gasteiger partial charge in [0.25, 0.3) is 5.91 Å². The second-order valence-corrected chi connectivity index (χ2v) is 9.05. The molecule has 2 aromatic carbocycles. The molecule has 1 amide bonds. The number of amides is 1. The zero-order valence-corrected chi connectivity index (χ0v) is 16.6. The first-order valence-electron chi connectivity index (χ1n) is 9.16. The van der Waals surface area contributed by atoms with Crippen molar-refractivity contribution in [2.45, 2.75) is 37.6 Å². The predicted octanol–water partition coefficient (Wildman–Crippen LogP) is 2.83. The number of hydrogen-bond donors (Lipinski definition) is 2. The SMILES string of the molecule is COc1cc2ccccc2cc1C(=O)NCC1(NS(C)(=O)=O)CCCCC1. The maximum absolute atomic E-state index is 12.9. The van der Waals surface area contributed by atoms with Crippen molar-refractivity contribution in [3.05, 3.63) is 42.0 Å². The van der Waals surface area contributed by atoms with Crippen molar-refractivity contribution in [3.63, 3.8) is 0 Å². The van der Waals surface area contributed by atoms with Crippen LogP contribution in [0, 0.1) is 0 Å². The van der Waals surface area contributed by atoms with Gasteiger partial charge in [0.05, 0.1) is 24.5 Å². The Bertz CT molecular complexity index is 934. The predicted molar refractivity (Wildman–Crippen MR) is 107 cm³/mol. The molecule has 2 aromatic rings. The van der Waals surface area contributed by atoms with E-state index in [-0.39, 0.29) is 12.5 Å². The summed E-state index contributed by atoms with van der Waals surface area (Å²) in [6.07, 6.45) is 5.57. The van der Waals surface area contributed by atoms with Crippen LogP contribution >= 0.6 is 0 Å². The van der Waals surface area contributed by atoms with Gasteiger partial charge in [0.2, 0.25) is 10.0 Å². The fourth-order valence-corrected chi connectivity index (χ4v) is 4.91. The topological polar surface area (TPSA) is 84.5 Å². The number of nitrogens with one attached hydrogen (secondary N) is 2. The molecule has 6 nitrogen and oxygen atoms in total. The molecule has 1 fully saturated rings.